The van der Waals surface area contributed by atoms with E-state index in [2.05, 4.69) is 32.2 Å². The number of benzene rings is 3. The summed E-state index contributed by atoms with van der Waals surface area (Å²) >= 11 is 9.64. The Balaban J connectivity index is 1.49. The maximum atomic E-state index is 6.19. The molecule has 4 heterocycles. The number of rotatable bonds is 3. The molecule has 7 rings (SSSR count). The largest absolute Gasteiger partial charge is 0.452 e. The number of anilines is 2. The number of para-hydroxylation sites is 3. The summed E-state index contributed by atoms with van der Waals surface area (Å²) in [6, 6.07) is 29.2. The van der Waals surface area contributed by atoms with Gasteiger partial charge in [0.15, 0.2) is 22.2 Å². The van der Waals surface area contributed by atoms with Crippen molar-refractivity contribution >= 4 is 62.1 Å². The molecule has 186 valence electrons. The van der Waals surface area contributed by atoms with Gasteiger partial charge in [-0.1, -0.05) is 41.9 Å². The Morgan fingerprint density at radius 2 is 1.66 bits per heavy atom. The Hall–Kier alpha value is -4.14. The molecule has 9 heteroatoms. The van der Waals surface area contributed by atoms with Crippen molar-refractivity contribution in [3.8, 4) is 5.69 Å². The van der Waals surface area contributed by atoms with Gasteiger partial charge >= 0.3 is 0 Å². The average Bonchev–Trinajstić information content (AvgIpc) is 3.52. The Morgan fingerprint density at radius 1 is 0.895 bits per heavy atom. The average molecular weight is 584 g/mol. The van der Waals surface area contributed by atoms with Crippen LogP contribution in [0.15, 0.2) is 110 Å². The summed E-state index contributed by atoms with van der Waals surface area (Å²) in [5.74, 6) is 2.79. The first-order chi connectivity index (χ1) is 18.6. The Bertz CT molecular complexity index is 1740. The number of aryl methyl sites for hydroxylation is 1. The Kier molecular flexibility index (Phi) is 5.45. The van der Waals surface area contributed by atoms with Gasteiger partial charge in [-0.05, 0) is 83.5 Å². The predicted octanol–water partition coefficient (Wildman–Crippen LogP) is 7.98. The third-order valence-electron chi connectivity index (χ3n) is 6.61. The van der Waals surface area contributed by atoms with E-state index >= 15 is 0 Å². The summed E-state index contributed by atoms with van der Waals surface area (Å²) in [7, 11) is 0. The summed E-state index contributed by atoms with van der Waals surface area (Å²) in [6.45, 7) is 2.01. The van der Waals surface area contributed by atoms with Gasteiger partial charge in [0, 0.05) is 10.7 Å². The van der Waals surface area contributed by atoms with E-state index < -0.39 is 0 Å². The zero-order chi connectivity index (χ0) is 25.8. The zero-order valence-electron chi connectivity index (χ0n) is 20.1. The third kappa shape index (κ3) is 3.76. The minimum absolute atomic E-state index is 0.320. The summed E-state index contributed by atoms with van der Waals surface area (Å²) in [4.78, 5) is 12.4. The van der Waals surface area contributed by atoms with Gasteiger partial charge in [-0.25, -0.2) is 14.7 Å². The van der Waals surface area contributed by atoms with E-state index in [1.165, 1.54) is 0 Å². The predicted molar refractivity (Wildman–Crippen MR) is 155 cm³/mol. The van der Waals surface area contributed by atoms with Gasteiger partial charge in [-0.3, -0.25) is 0 Å². The van der Waals surface area contributed by atoms with Crippen LogP contribution in [0.25, 0.3) is 5.69 Å². The lowest BCUT2D eigenvalue weighted by molar-refractivity contribution is 0.468. The zero-order valence-corrected chi connectivity index (χ0v) is 22.5. The molecule has 0 amide bonds. The molecule has 0 saturated carbocycles. The topological polar surface area (TPSA) is 71.0 Å². The van der Waals surface area contributed by atoms with E-state index in [-0.39, 0.29) is 6.04 Å². The molecule has 2 aliphatic rings. The molecular formula is C29H20BrClN6O. The SMILES string of the molecule is Cc1nn(-c2ccccc2)c2c1[C@H](c1ccc(Br)o1)N1C(=N2)C(Nc2ccc(Cl)cc2)=Nc2ccccc21. The molecule has 0 unspecified atom stereocenters. The van der Waals surface area contributed by atoms with Gasteiger partial charge in [-0.2, -0.15) is 5.10 Å². The lowest BCUT2D eigenvalue weighted by Crippen LogP contribution is -2.46. The van der Waals surface area contributed by atoms with Crippen LogP contribution in [0, 0.1) is 6.92 Å². The second-order valence-electron chi connectivity index (χ2n) is 9.00. The van der Waals surface area contributed by atoms with Crippen LogP contribution in [0.1, 0.15) is 23.1 Å². The molecule has 0 spiro atoms. The van der Waals surface area contributed by atoms with Crippen LogP contribution < -0.4 is 10.2 Å². The van der Waals surface area contributed by atoms with Crippen molar-refractivity contribution in [1.29, 1.82) is 0 Å². The molecule has 2 aliphatic heterocycles. The van der Waals surface area contributed by atoms with E-state index in [9.17, 15) is 0 Å². The van der Waals surface area contributed by atoms with Crippen LogP contribution in [-0.4, -0.2) is 21.5 Å². The molecule has 7 nitrogen and oxygen atoms in total. The third-order valence-corrected chi connectivity index (χ3v) is 7.29. The molecule has 1 atom stereocenters. The number of hydrogen-bond acceptors (Lipinski definition) is 6. The van der Waals surface area contributed by atoms with Crippen molar-refractivity contribution in [2.45, 2.75) is 13.0 Å². The minimum Gasteiger partial charge on any atom is -0.452 e. The summed E-state index contributed by atoms with van der Waals surface area (Å²) in [5, 5.41) is 9.07. The molecule has 1 N–H and O–H groups in total. The number of fused-ring (bicyclic) bond motifs is 4. The van der Waals surface area contributed by atoms with Gasteiger partial charge in [-0.15, -0.1) is 0 Å². The molecule has 38 heavy (non-hydrogen) atoms. The maximum Gasteiger partial charge on any atom is 0.179 e. The summed E-state index contributed by atoms with van der Waals surface area (Å²) < 4.78 is 8.73. The molecule has 0 fully saturated rings. The van der Waals surface area contributed by atoms with Gasteiger partial charge in [0.05, 0.1) is 28.3 Å². The number of hydrogen-bond donors (Lipinski definition) is 1. The monoisotopic (exact) mass is 582 g/mol. The minimum atomic E-state index is -0.320. The van der Waals surface area contributed by atoms with Crippen molar-refractivity contribution < 1.29 is 4.42 Å². The number of aliphatic imine (C=N–C) groups is 2. The lowest BCUT2D eigenvalue weighted by Gasteiger charge is -2.39. The van der Waals surface area contributed by atoms with Crippen LogP contribution >= 0.6 is 27.5 Å². The first kappa shape index (κ1) is 23.0. The van der Waals surface area contributed by atoms with Crippen LogP contribution in [-0.2, 0) is 0 Å². The summed E-state index contributed by atoms with van der Waals surface area (Å²) in [5.41, 5.74) is 5.39. The first-order valence-corrected chi connectivity index (χ1v) is 13.2. The lowest BCUT2D eigenvalue weighted by atomic mass is 9.98. The molecule has 0 bridgehead atoms. The van der Waals surface area contributed by atoms with Crippen LogP contribution in [0.3, 0.4) is 0 Å². The normalized spacial score (nSPS) is 15.8. The van der Waals surface area contributed by atoms with Gasteiger partial charge in [0.1, 0.15) is 11.8 Å². The smallest absolute Gasteiger partial charge is 0.179 e. The second-order valence-corrected chi connectivity index (χ2v) is 10.2. The van der Waals surface area contributed by atoms with Gasteiger partial charge < -0.3 is 14.6 Å². The van der Waals surface area contributed by atoms with E-state index in [0.717, 1.165) is 45.6 Å². The van der Waals surface area contributed by atoms with Crippen LogP contribution in [0.5, 0.6) is 0 Å². The molecule has 2 aromatic heterocycles. The van der Waals surface area contributed by atoms with E-state index in [4.69, 9.17) is 31.1 Å². The van der Waals surface area contributed by atoms with E-state index in [1.54, 1.807) is 0 Å². The molecule has 0 aliphatic carbocycles. The number of halogens is 2. The fourth-order valence-corrected chi connectivity index (χ4v) is 5.41. The quantitative estimate of drug-likeness (QED) is 0.234. The molecule has 3 aromatic carbocycles. The van der Waals surface area contributed by atoms with Crippen molar-refractivity contribution in [2.75, 3.05) is 10.2 Å². The van der Waals surface area contributed by atoms with E-state index in [0.29, 0.717) is 21.4 Å². The number of amidine groups is 2. The van der Waals surface area contributed by atoms with Crippen molar-refractivity contribution in [3.63, 3.8) is 0 Å². The molecular weight excluding hydrogens is 564 g/mol. The fraction of sp³-hybridized carbons (Fsp3) is 0.0690. The molecule has 0 radical (unpaired) electrons. The van der Waals surface area contributed by atoms with Crippen molar-refractivity contribution in [3.05, 3.63) is 118 Å². The summed E-state index contributed by atoms with van der Waals surface area (Å²) in [6.07, 6.45) is 0. The van der Waals surface area contributed by atoms with Crippen molar-refractivity contribution in [1.82, 2.24) is 9.78 Å². The Labute approximate surface area is 232 Å². The highest BCUT2D eigenvalue weighted by Gasteiger charge is 2.42. The van der Waals surface area contributed by atoms with Crippen LogP contribution in [0.2, 0.25) is 5.02 Å². The number of nitrogens with zero attached hydrogens (tertiary/aromatic N) is 5. The Morgan fingerprint density at radius 3 is 2.42 bits per heavy atom. The van der Waals surface area contributed by atoms with Gasteiger partial charge in [0.2, 0.25) is 0 Å². The number of furan rings is 1. The number of aromatic nitrogens is 2. The maximum absolute atomic E-state index is 6.19. The molecule has 0 saturated heterocycles. The van der Waals surface area contributed by atoms with E-state index in [1.807, 2.05) is 96.5 Å². The fourth-order valence-electron chi connectivity index (χ4n) is 4.96. The first-order valence-electron chi connectivity index (χ1n) is 12.1. The standard InChI is InChI=1S/C29H20BrClN6O/c1-17-25-26(23-15-16-24(30)38-23)36-22-10-6-5-9-21(22)33-27(32-19-13-11-18(31)12-14-19)29(36)34-28(25)37(35-17)20-7-3-2-4-8-20/h2-16,26H,1H3,(H,32,33)/t26-/m0/s1. The van der Waals surface area contributed by atoms with Gasteiger partial charge in [0.25, 0.3) is 0 Å². The van der Waals surface area contributed by atoms with Crippen molar-refractivity contribution in [2.24, 2.45) is 9.98 Å². The van der Waals surface area contributed by atoms with Crippen LogP contribution in [0.4, 0.5) is 22.9 Å². The highest BCUT2D eigenvalue weighted by molar-refractivity contribution is 9.10. The molecule has 5 aromatic rings. The highest BCUT2D eigenvalue weighted by atomic mass is 79.9. The second kappa shape index (κ2) is 9.01. The highest BCUT2D eigenvalue weighted by Crippen LogP contribution is 2.48. The number of nitrogens with one attached hydrogen (secondary N) is 1.